The molecular weight excluding hydrogens is 134 g/mol. The average Bonchev–Trinajstić information content (AvgIpc) is 2.05. The Morgan fingerprint density at radius 3 is 2.55 bits per heavy atom. The van der Waals surface area contributed by atoms with Crippen molar-refractivity contribution in [3.8, 4) is 0 Å². The second-order valence-corrected chi connectivity index (χ2v) is 4.16. The van der Waals surface area contributed by atoms with Crippen molar-refractivity contribution >= 4 is 0 Å². The summed E-state index contributed by atoms with van der Waals surface area (Å²) in [5.41, 5.74) is 0. The third-order valence-corrected chi connectivity index (χ3v) is 3.07. The van der Waals surface area contributed by atoms with Gasteiger partial charge in [-0.05, 0) is 31.7 Å². The van der Waals surface area contributed by atoms with E-state index < -0.39 is 0 Å². The first-order chi connectivity index (χ1) is 5.24. The lowest BCUT2D eigenvalue weighted by Gasteiger charge is -2.31. The highest BCUT2D eigenvalue weighted by molar-refractivity contribution is 4.78. The van der Waals surface area contributed by atoms with Crippen molar-refractivity contribution in [1.82, 2.24) is 5.32 Å². The lowest BCUT2D eigenvalue weighted by molar-refractivity contribution is 0.238. The van der Waals surface area contributed by atoms with Crippen molar-refractivity contribution < 1.29 is 0 Å². The summed E-state index contributed by atoms with van der Waals surface area (Å²) in [6.45, 7) is 4.70. The fraction of sp³-hybridized carbons (Fsp3) is 1.00. The monoisotopic (exact) mass is 155 g/mol. The molecule has 1 N–H and O–H groups in total. The van der Waals surface area contributed by atoms with Crippen LogP contribution in [-0.4, -0.2) is 13.1 Å². The summed E-state index contributed by atoms with van der Waals surface area (Å²) in [6.07, 6.45) is 5.66. The predicted octanol–water partition coefficient (Wildman–Crippen LogP) is 2.42. The molecule has 1 aliphatic carbocycles. The minimum atomic E-state index is 0.802. The molecule has 0 radical (unpaired) electrons. The second kappa shape index (κ2) is 4.10. The standard InChI is InChI=1S/C10H21N/c1-8(2)9-5-4-6-10(7-9)11-3/h8-11H,4-7H2,1-3H3/t9?,10-/m0/s1. The van der Waals surface area contributed by atoms with E-state index in [4.69, 9.17) is 0 Å². The molecule has 0 bridgehead atoms. The number of rotatable bonds is 2. The quantitative estimate of drug-likeness (QED) is 0.645. The summed E-state index contributed by atoms with van der Waals surface area (Å²) >= 11 is 0. The van der Waals surface area contributed by atoms with Gasteiger partial charge in [0.05, 0.1) is 0 Å². The van der Waals surface area contributed by atoms with Gasteiger partial charge >= 0.3 is 0 Å². The first-order valence-corrected chi connectivity index (χ1v) is 4.91. The maximum absolute atomic E-state index is 3.39. The highest BCUT2D eigenvalue weighted by Crippen LogP contribution is 2.29. The van der Waals surface area contributed by atoms with Crippen LogP contribution in [0.25, 0.3) is 0 Å². The molecule has 0 aromatic carbocycles. The van der Waals surface area contributed by atoms with E-state index in [0.717, 1.165) is 17.9 Å². The molecule has 1 rings (SSSR count). The van der Waals surface area contributed by atoms with Gasteiger partial charge in [-0.3, -0.25) is 0 Å². The van der Waals surface area contributed by atoms with Crippen molar-refractivity contribution in [2.45, 2.75) is 45.6 Å². The van der Waals surface area contributed by atoms with E-state index in [1.54, 1.807) is 0 Å². The van der Waals surface area contributed by atoms with Gasteiger partial charge in [0.1, 0.15) is 0 Å². The summed E-state index contributed by atoms with van der Waals surface area (Å²) in [6, 6.07) is 0.802. The highest BCUT2D eigenvalue weighted by Gasteiger charge is 2.22. The van der Waals surface area contributed by atoms with E-state index in [0.29, 0.717) is 0 Å². The molecule has 0 spiro atoms. The summed E-state index contributed by atoms with van der Waals surface area (Å²) in [4.78, 5) is 0. The maximum atomic E-state index is 3.39. The van der Waals surface area contributed by atoms with E-state index in [9.17, 15) is 0 Å². The predicted molar refractivity (Wildman–Crippen MR) is 49.6 cm³/mol. The summed E-state index contributed by atoms with van der Waals surface area (Å²) in [5.74, 6) is 1.85. The summed E-state index contributed by atoms with van der Waals surface area (Å²) in [5, 5.41) is 3.39. The highest BCUT2D eigenvalue weighted by atomic mass is 14.9. The molecular formula is C10H21N. The summed E-state index contributed by atoms with van der Waals surface area (Å²) in [7, 11) is 2.09. The zero-order valence-corrected chi connectivity index (χ0v) is 8.06. The van der Waals surface area contributed by atoms with Crippen molar-refractivity contribution in [2.75, 3.05) is 7.05 Å². The van der Waals surface area contributed by atoms with Crippen LogP contribution >= 0.6 is 0 Å². The van der Waals surface area contributed by atoms with Gasteiger partial charge in [-0.1, -0.05) is 26.7 Å². The Bertz CT molecular complexity index is 109. The van der Waals surface area contributed by atoms with Crippen LogP contribution in [0.15, 0.2) is 0 Å². The van der Waals surface area contributed by atoms with Crippen LogP contribution in [-0.2, 0) is 0 Å². The topological polar surface area (TPSA) is 12.0 Å². The molecule has 0 heterocycles. The fourth-order valence-corrected chi connectivity index (χ4v) is 2.10. The van der Waals surface area contributed by atoms with Crippen molar-refractivity contribution in [2.24, 2.45) is 11.8 Å². The molecule has 1 nitrogen and oxygen atoms in total. The number of hydrogen-bond acceptors (Lipinski definition) is 1. The molecule has 1 unspecified atom stereocenters. The first kappa shape index (κ1) is 9.05. The Morgan fingerprint density at radius 1 is 1.27 bits per heavy atom. The van der Waals surface area contributed by atoms with Crippen molar-refractivity contribution in [3.63, 3.8) is 0 Å². The Morgan fingerprint density at radius 2 is 2.00 bits per heavy atom. The Balaban J connectivity index is 2.33. The maximum Gasteiger partial charge on any atom is 0.00668 e. The van der Waals surface area contributed by atoms with Gasteiger partial charge in [0.15, 0.2) is 0 Å². The minimum Gasteiger partial charge on any atom is -0.317 e. The molecule has 0 aromatic heterocycles. The summed E-state index contributed by atoms with van der Waals surface area (Å²) < 4.78 is 0. The third kappa shape index (κ3) is 2.48. The number of hydrogen-bond donors (Lipinski definition) is 1. The van der Waals surface area contributed by atoms with Gasteiger partial charge in [0.25, 0.3) is 0 Å². The smallest absolute Gasteiger partial charge is 0.00668 e. The molecule has 0 saturated heterocycles. The van der Waals surface area contributed by atoms with Crippen LogP contribution in [0.4, 0.5) is 0 Å². The van der Waals surface area contributed by atoms with Gasteiger partial charge < -0.3 is 5.32 Å². The third-order valence-electron chi connectivity index (χ3n) is 3.07. The lowest BCUT2D eigenvalue weighted by atomic mass is 9.79. The Hall–Kier alpha value is -0.0400. The van der Waals surface area contributed by atoms with E-state index in [1.165, 1.54) is 25.7 Å². The zero-order valence-electron chi connectivity index (χ0n) is 8.06. The van der Waals surface area contributed by atoms with Crippen LogP contribution in [0.3, 0.4) is 0 Å². The largest absolute Gasteiger partial charge is 0.317 e. The normalized spacial score (nSPS) is 32.7. The van der Waals surface area contributed by atoms with Gasteiger partial charge in [-0.15, -0.1) is 0 Å². The molecule has 1 aliphatic rings. The molecule has 1 fully saturated rings. The van der Waals surface area contributed by atoms with Crippen LogP contribution in [0, 0.1) is 11.8 Å². The van der Waals surface area contributed by atoms with E-state index in [1.807, 2.05) is 0 Å². The van der Waals surface area contributed by atoms with Crippen LogP contribution in [0.1, 0.15) is 39.5 Å². The number of nitrogens with one attached hydrogen (secondary N) is 1. The van der Waals surface area contributed by atoms with Gasteiger partial charge in [-0.2, -0.15) is 0 Å². The Kier molecular flexibility index (Phi) is 3.38. The zero-order chi connectivity index (χ0) is 8.27. The molecule has 0 amide bonds. The molecule has 0 aliphatic heterocycles. The molecule has 11 heavy (non-hydrogen) atoms. The van der Waals surface area contributed by atoms with Gasteiger partial charge in [-0.25, -0.2) is 0 Å². The van der Waals surface area contributed by atoms with Crippen molar-refractivity contribution in [3.05, 3.63) is 0 Å². The lowest BCUT2D eigenvalue weighted by Crippen LogP contribution is -2.32. The SMILES string of the molecule is CN[C@H]1CCCC(C(C)C)C1. The van der Waals surface area contributed by atoms with E-state index in [2.05, 4.69) is 26.2 Å². The molecule has 66 valence electrons. The molecule has 2 atom stereocenters. The Labute approximate surface area is 70.6 Å². The van der Waals surface area contributed by atoms with Crippen molar-refractivity contribution in [1.29, 1.82) is 0 Å². The average molecular weight is 155 g/mol. The fourth-order valence-electron chi connectivity index (χ4n) is 2.10. The first-order valence-electron chi connectivity index (χ1n) is 4.91. The molecule has 1 heteroatoms. The molecule has 1 saturated carbocycles. The van der Waals surface area contributed by atoms with Gasteiger partial charge in [0.2, 0.25) is 0 Å². The second-order valence-electron chi connectivity index (χ2n) is 4.16. The van der Waals surface area contributed by atoms with Crippen LogP contribution in [0.5, 0.6) is 0 Å². The van der Waals surface area contributed by atoms with E-state index >= 15 is 0 Å². The van der Waals surface area contributed by atoms with E-state index in [-0.39, 0.29) is 0 Å². The molecule has 0 aromatic rings. The van der Waals surface area contributed by atoms with Crippen LogP contribution in [0.2, 0.25) is 0 Å². The van der Waals surface area contributed by atoms with Crippen LogP contribution < -0.4 is 5.32 Å². The van der Waals surface area contributed by atoms with Gasteiger partial charge in [0, 0.05) is 6.04 Å². The minimum absolute atomic E-state index is 0.802.